The van der Waals surface area contributed by atoms with Gasteiger partial charge in [0.1, 0.15) is 0 Å². The Morgan fingerprint density at radius 2 is 1.71 bits per heavy atom. The first-order valence-electron chi connectivity index (χ1n) is 9.43. The van der Waals surface area contributed by atoms with Crippen LogP contribution in [0, 0.1) is 6.92 Å². The number of nitrogens with zero attached hydrogens (tertiary/aromatic N) is 6. The summed E-state index contributed by atoms with van der Waals surface area (Å²) in [5, 5.41) is 18.0. The number of hydrogen-bond donors (Lipinski definition) is 0. The lowest BCUT2D eigenvalue weighted by molar-refractivity contribution is 0.754. The molecule has 28 heavy (non-hydrogen) atoms. The fourth-order valence-electron chi connectivity index (χ4n) is 3.66. The van der Waals surface area contributed by atoms with Gasteiger partial charge in [0.25, 0.3) is 0 Å². The second-order valence-electron chi connectivity index (χ2n) is 6.97. The summed E-state index contributed by atoms with van der Waals surface area (Å²) in [6, 6.07) is 18.6. The van der Waals surface area contributed by atoms with Gasteiger partial charge in [0.2, 0.25) is 5.16 Å². The minimum absolute atomic E-state index is 0.758. The van der Waals surface area contributed by atoms with E-state index >= 15 is 0 Å². The molecule has 2 heterocycles. The molecule has 1 aliphatic rings. The highest BCUT2D eigenvalue weighted by Gasteiger charge is 2.23. The number of rotatable bonds is 5. The summed E-state index contributed by atoms with van der Waals surface area (Å²) >= 11 is 1.63. The average Bonchev–Trinajstić information content (AvgIpc) is 3.45. The zero-order chi connectivity index (χ0) is 18.9. The van der Waals surface area contributed by atoms with Crippen LogP contribution in [0.3, 0.4) is 0 Å². The molecular weight excluding hydrogens is 368 g/mol. The summed E-state index contributed by atoms with van der Waals surface area (Å²) < 4.78 is 3.90. The van der Waals surface area contributed by atoms with Crippen molar-refractivity contribution in [3.05, 3.63) is 77.1 Å². The smallest absolute Gasteiger partial charge is 0.214 e. The predicted octanol–water partition coefficient (Wildman–Crippen LogP) is 3.94. The summed E-state index contributed by atoms with van der Waals surface area (Å²) in [7, 11) is 0. The molecule has 0 saturated carbocycles. The molecule has 0 bridgehead atoms. The zero-order valence-corrected chi connectivity index (χ0v) is 16.4. The Kier molecular flexibility index (Phi) is 4.44. The molecule has 140 valence electrons. The van der Waals surface area contributed by atoms with E-state index in [4.69, 9.17) is 5.10 Å². The Morgan fingerprint density at radius 1 is 0.929 bits per heavy atom. The van der Waals surface area contributed by atoms with Crippen molar-refractivity contribution in [2.45, 2.75) is 37.1 Å². The third-order valence-corrected chi connectivity index (χ3v) is 6.00. The summed E-state index contributed by atoms with van der Waals surface area (Å²) in [6.45, 7) is 2.07. The molecule has 0 fully saturated rings. The maximum absolute atomic E-state index is 4.93. The molecule has 5 rings (SSSR count). The van der Waals surface area contributed by atoms with Gasteiger partial charge in [0.15, 0.2) is 0 Å². The Labute approximate surface area is 167 Å². The molecule has 0 atom stereocenters. The van der Waals surface area contributed by atoms with Crippen LogP contribution >= 0.6 is 11.8 Å². The highest BCUT2D eigenvalue weighted by atomic mass is 32.2. The fourth-order valence-corrected chi connectivity index (χ4v) is 4.52. The maximum atomic E-state index is 4.93. The monoisotopic (exact) mass is 388 g/mol. The van der Waals surface area contributed by atoms with Crippen LogP contribution in [0.4, 0.5) is 0 Å². The van der Waals surface area contributed by atoms with Crippen LogP contribution in [0.5, 0.6) is 0 Å². The van der Waals surface area contributed by atoms with Gasteiger partial charge in [-0.3, -0.25) is 0 Å². The van der Waals surface area contributed by atoms with E-state index < -0.39 is 0 Å². The number of aryl methyl sites for hydroxylation is 1. The molecule has 0 aliphatic heterocycles. The zero-order valence-electron chi connectivity index (χ0n) is 15.6. The molecule has 0 amide bonds. The number of aromatic nitrogens is 6. The van der Waals surface area contributed by atoms with Crippen molar-refractivity contribution in [3.63, 3.8) is 0 Å². The van der Waals surface area contributed by atoms with Gasteiger partial charge in [-0.05, 0) is 66.4 Å². The van der Waals surface area contributed by atoms with E-state index in [2.05, 4.69) is 63.5 Å². The van der Waals surface area contributed by atoms with Crippen LogP contribution in [0.2, 0.25) is 0 Å². The summed E-state index contributed by atoms with van der Waals surface area (Å²) in [5.41, 5.74) is 7.19. The van der Waals surface area contributed by atoms with Crippen LogP contribution in [-0.2, 0) is 18.6 Å². The van der Waals surface area contributed by atoms with Crippen LogP contribution in [0.1, 0.15) is 28.9 Å². The lowest BCUT2D eigenvalue weighted by Crippen LogP contribution is -2.01. The molecule has 6 nitrogen and oxygen atoms in total. The van der Waals surface area contributed by atoms with Crippen LogP contribution in [-0.4, -0.2) is 30.0 Å². The highest BCUT2D eigenvalue weighted by molar-refractivity contribution is 7.98. The first-order valence-corrected chi connectivity index (χ1v) is 10.4. The first-order chi connectivity index (χ1) is 13.8. The van der Waals surface area contributed by atoms with Gasteiger partial charge in [-0.1, -0.05) is 47.7 Å². The summed E-state index contributed by atoms with van der Waals surface area (Å²) in [6.07, 6.45) is 3.38. The Morgan fingerprint density at radius 3 is 2.54 bits per heavy atom. The number of thioether (sulfide) groups is 1. The van der Waals surface area contributed by atoms with Crippen molar-refractivity contribution in [3.8, 4) is 11.4 Å². The Balaban J connectivity index is 1.42. The van der Waals surface area contributed by atoms with Gasteiger partial charge in [0.05, 0.1) is 17.1 Å². The van der Waals surface area contributed by atoms with Gasteiger partial charge in [0, 0.05) is 11.4 Å². The van der Waals surface area contributed by atoms with Crippen molar-refractivity contribution in [1.29, 1.82) is 0 Å². The van der Waals surface area contributed by atoms with E-state index in [-0.39, 0.29) is 0 Å². The van der Waals surface area contributed by atoms with Crippen molar-refractivity contribution >= 4 is 11.8 Å². The standard InChI is InChI=1S/C21H20N6S/c1-15-10-12-17(13-11-15)27-21(22-24-25-27)28-14-19-18-8-5-9-20(18)26(23-19)16-6-3-2-4-7-16/h2-4,6-7,10-13H,5,8-9,14H2,1H3. The number of para-hydroxylation sites is 1. The predicted molar refractivity (Wildman–Crippen MR) is 109 cm³/mol. The molecule has 0 radical (unpaired) electrons. The van der Waals surface area contributed by atoms with E-state index in [1.807, 2.05) is 18.2 Å². The van der Waals surface area contributed by atoms with Crippen LogP contribution < -0.4 is 0 Å². The molecule has 2 aromatic carbocycles. The lowest BCUT2D eigenvalue weighted by Gasteiger charge is -2.05. The van der Waals surface area contributed by atoms with Gasteiger partial charge in [-0.25, -0.2) is 4.68 Å². The van der Waals surface area contributed by atoms with E-state index in [1.54, 1.807) is 16.4 Å². The molecule has 0 saturated heterocycles. The second-order valence-corrected chi connectivity index (χ2v) is 7.91. The summed E-state index contributed by atoms with van der Waals surface area (Å²) in [4.78, 5) is 0. The molecular formula is C21H20N6S. The fraction of sp³-hybridized carbons (Fsp3) is 0.238. The Bertz CT molecular complexity index is 1100. The SMILES string of the molecule is Cc1ccc(-n2nnnc2SCc2nn(-c3ccccc3)c3c2CCC3)cc1. The van der Waals surface area contributed by atoms with Gasteiger partial charge < -0.3 is 0 Å². The maximum Gasteiger partial charge on any atom is 0.214 e. The van der Waals surface area contributed by atoms with Crippen molar-refractivity contribution in [2.75, 3.05) is 0 Å². The quantitative estimate of drug-likeness (QED) is 0.485. The Hall–Kier alpha value is -2.93. The van der Waals surface area contributed by atoms with Gasteiger partial charge in [-0.15, -0.1) is 5.10 Å². The molecule has 0 spiro atoms. The topological polar surface area (TPSA) is 61.4 Å². The van der Waals surface area contributed by atoms with E-state index in [0.29, 0.717) is 0 Å². The van der Waals surface area contributed by atoms with Crippen molar-refractivity contribution in [2.24, 2.45) is 0 Å². The highest BCUT2D eigenvalue weighted by Crippen LogP contribution is 2.31. The summed E-state index contributed by atoms with van der Waals surface area (Å²) in [5.74, 6) is 0.758. The average molecular weight is 389 g/mol. The molecule has 0 unspecified atom stereocenters. The normalized spacial score (nSPS) is 13.0. The van der Waals surface area contributed by atoms with Crippen LogP contribution in [0.15, 0.2) is 59.8 Å². The third kappa shape index (κ3) is 3.11. The van der Waals surface area contributed by atoms with Crippen LogP contribution in [0.25, 0.3) is 11.4 Å². The molecule has 2 aromatic heterocycles. The van der Waals surface area contributed by atoms with E-state index in [1.165, 1.54) is 23.2 Å². The largest absolute Gasteiger partial charge is 0.237 e. The van der Waals surface area contributed by atoms with Gasteiger partial charge >= 0.3 is 0 Å². The molecule has 7 heteroatoms. The number of benzene rings is 2. The number of tetrazole rings is 1. The first kappa shape index (κ1) is 17.2. The second kappa shape index (κ2) is 7.24. The number of fused-ring (bicyclic) bond motifs is 1. The van der Waals surface area contributed by atoms with E-state index in [9.17, 15) is 0 Å². The third-order valence-electron chi connectivity index (χ3n) is 5.07. The van der Waals surface area contributed by atoms with Gasteiger partial charge in [-0.2, -0.15) is 9.78 Å². The number of hydrogen-bond acceptors (Lipinski definition) is 5. The van der Waals surface area contributed by atoms with Crippen molar-refractivity contribution in [1.82, 2.24) is 30.0 Å². The minimum Gasteiger partial charge on any atom is -0.237 e. The molecule has 4 aromatic rings. The molecule has 0 N–H and O–H groups in total. The van der Waals surface area contributed by atoms with E-state index in [0.717, 1.165) is 40.8 Å². The molecule has 1 aliphatic carbocycles. The minimum atomic E-state index is 0.758. The lowest BCUT2D eigenvalue weighted by atomic mass is 10.2. The van der Waals surface area contributed by atoms with Crippen molar-refractivity contribution < 1.29 is 0 Å².